The van der Waals surface area contributed by atoms with Crippen molar-refractivity contribution in [3.8, 4) is 0 Å². The first-order valence-electron chi connectivity index (χ1n) is 5.72. The van der Waals surface area contributed by atoms with Crippen molar-refractivity contribution in [2.75, 3.05) is 6.61 Å². The predicted molar refractivity (Wildman–Crippen MR) is 63.9 cm³/mol. The molecule has 0 aromatic carbocycles. The van der Waals surface area contributed by atoms with Crippen molar-refractivity contribution in [3.05, 3.63) is 22.9 Å². The van der Waals surface area contributed by atoms with E-state index in [4.69, 9.17) is 5.11 Å². The van der Waals surface area contributed by atoms with Gasteiger partial charge in [0.05, 0.1) is 19.3 Å². The van der Waals surface area contributed by atoms with Crippen molar-refractivity contribution < 1.29 is 5.11 Å². The van der Waals surface area contributed by atoms with Crippen molar-refractivity contribution in [2.45, 2.75) is 32.9 Å². The van der Waals surface area contributed by atoms with Crippen LogP contribution in [0.5, 0.6) is 0 Å². The van der Waals surface area contributed by atoms with Crippen molar-refractivity contribution in [2.24, 2.45) is 0 Å². The molecule has 6 heteroatoms. The third-order valence-electron chi connectivity index (χ3n) is 2.96. The maximum atomic E-state index is 12.2. The Labute approximate surface area is 98.5 Å². The summed E-state index contributed by atoms with van der Waals surface area (Å²) in [5.74, 6) is 0. The molecular weight excluding hydrogens is 220 g/mol. The second-order valence-corrected chi connectivity index (χ2v) is 4.04. The van der Waals surface area contributed by atoms with Crippen LogP contribution < -0.4 is 5.56 Å². The molecule has 0 amide bonds. The first-order chi connectivity index (χ1) is 8.19. The van der Waals surface area contributed by atoms with Gasteiger partial charge in [-0.15, -0.1) is 0 Å². The van der Waals surface area contributed by atoms with Crippen molar-refractivity contribution in [1.29, 1.82) is 0 Å². The molecule has 2 heterocycles. The third-order valence-corrected chi connectivity index (χ3v) is 2.96. The van der Waals surface area contributed by atoms with E-state index in [0.717, 1.165) is 6.42 Å². The lowest BCUT2D eigenvalue weighted by Crippen LogP contribution is -2.23. The van der Waals surface area contributed by atoms with Gasteiger partial charge in [-0.05, 0) is 13.3 Å². The summed E-state index contributed by atoms with van der Waals surface area (Å²) in [6.45, 7) is 4.33. The Morgan fingerprint density at radius 3 is 2.94 bits per heavy atom. The van der Waals surface area contributed by atoms with E-state index in [1.54, 1.807) is 10.9 Å². The molecule has 0 radical (unpaired) electrons. The van der Waals surface area contributed by atoms with Crippen LogP contribution in [0.3, 0.4) is 0 Å². The number of fused-ring (bicyclic) bond motifs is 1. The summed E-state index contributed by atoms with van der Waals surface area (Å²) in [4.78, 5) is 16.4. The lowest BCUT2D eigenvalue weighted by molar-refractivity contribution is 0.271. The highest BCUT2D eigenvalue weighted by atomic mass is 16.3. The number of nitrogens with zero attached hydrogens (tertiary/aromatic N) is 4. The Morgan fingerprint density at radius 1 is 1.53 bits per heavy atom. The molecule has 2 aromatic rings. The summed E-state index contributed by atoms with van der Waals surface area (Å²) < 4.78 is 3.16. The van der Waals surface area contributed by atoms with E-state index < -0.39 is 0 Å². The van der Waals surface area contributed by atoms with Gasteiger partial charge in [-0.2, -0.15) is 5.10 Å². The molecule has 0 fully saturated rings. The standard InChI is InChI=1S/C11H16N4O2/c1-3-8(2)14-7-12-10-9(11(14)17)6-13-15(10)4-5-16/h6-8,16H,3-5H2,1-2H3/t8-/m0/s1. The maximum absolute atomic E-state index is 12.2. The quantitative estimate of drug-likeness (QED) is 0.841. The molecule has 92 valence electrons. The maximum Gasteiger partial charge on any atom is 0.264 e. The Bertz CT molecular complexity index is 572. The number of hydrogen-bond acceptors (Lipinski definition) is 4. The highest BCUT2D eigenvalue weighted by Crippen LogP contribution is 2.10. The van der Waals surface area contributed by atoms with Gasteiger partial charge in [0.1, 0.15) is 11.7 Å². The smallest absolute Gasteiger partial charge is 0.264 e. The van der Waals surface area contributed by atoms with Gasteiger partial charge in [-0.1, -0.05) is 6.92 Å². The molecule has 0 aliphatic carbocycles. The second kappa shape index (κ2) is 4.67. The summed E-state index contributed by atoms with van der Waals surface area (Å²) in [6.07, 6.45) is 3.94. The average Bonchev–Trinajstić information content (AvgIpc) is 2.74. The van der Waals surface area contributed by atoms with Gasteiger partial charge in [-0.3, -0.25) is 9.36 Å². The third kappa shape index (κ3) is 1.95. The van der Waals surface area contributed by atoms with Gasteiger partial charge >= 0.3 is 0 Å². The largest absolute Gasteiger partial charge is 0.394 e. The second-order valence-electron chi connectivity index (χ2n) is 4.04. The minimum absolute atomic E-state index is 0.0209. The van der Waals surface area contributed by atoms with Gasteiger partial charge in [0.25, 0.3) is 5.56 Å². The molecule has 2 aromatic heterocycles. The van der Waals surface area contributed by atoms with Gasteiger partial charge in [0, 0.05) is 6.04 Å². The Morgan fingerprint density at radius 2 is 2.29 bits per heavy atom. The minimum Gasteiger partial charge on any atom is -0.394 e. The molecule has 1 N–H and O–H groups in total. The van der Waals surface area contributed by atoms with Crippen molar-refractivity contribution >= 4 is 11.0 Å². The molecular formula is C11H16N4O2. The SMILES string of the molecule is CC[C@H](C)n1cnc2c(cnn2CCO)c1=O. The molecule has 17 heavy (non-hydrogen) atoms. The van der Waals surface area contributed by atoms with E-state index in [1.807, 2.05) is 13.8 Å². The van der Waals surface area contributed by atoms with E-state index in [9.17, 15) is 4.79 Å². The Balaban J connectivity index is 2.58. The van der Waals surface area contributed by atoms with Gasteiger partial charge in [0.15, 0.2) is 5.65 Å². The number of aromatic nitrogens is 4. The lowest BCUT2D eigenvalue weighted by atomic mass is 10.2. The van der Waals surface area contributed by atoms with E-state index in [1.165, 1.54) is 10.9 Å². The molecule has 2 rings (SSSR count). The first kappa shape index (κ1) is 11.8. The molecule has 0 saturated carbocycles. The summed E-state index contributed by atoms with van der Waals surface area (Å²) >= 11 is 0. The lowest BCUT2D eigenvalue weighted by Gasteiger charge is -2.11. The zero-order chi connectivity index (χ0) is 12.4. The fourth-order valence-corrected chi connectivity index (χ4v) is 1.74. The fraction of sp³-hybridized carbons (Fsp3) is 0.545. The number of aliphatic hydroxyl groups is 1. The first-order valence-corrected chi connectivity index (χ1v) is 5.72. The zero-order valence-electron chi connectivity index (χ0n) is 10.00. The van der Waals surface area contributed by atoms with Gasteiger partial charge < -0.3 is 5.11 Å². The molecule has 0 aliphatic rings. The molecule has 0 unspecified atom stereocenters. The number of aliphatic hydroxyl groups excluding tert-OH is 1. The van der Waals surface area contributed by atoms with Crippen LogP contribution in [0.4, 0.5) is 0 Å². The van der Waals surface area contributed by atoms with Crippen LogP contribution >= 0.6 is 0 Å². The average molecular weight is 236 g/mol. The van der Waals surface area contributed by atoms with Crippen molar-refractivity contribution in [3.63, 3.8) is 0 Å². The minimum atomic E-state index is -0.0754. The summed E-state index contributed by atoms with van der Waals surface area (Å²) in [5.41, 5.74) is 0.456. The van der Waals surface area contributed by atoms with Gasteiger partial charge in [-0.25, -0.2) is 9.67 Å². The van der Waals surface area contributed by atoms with Crippen LogP contribution in [0.1, 0.15) is 26.3 Å². The molecule has 0 saturated heterocycles. The molecule has 0 aliphatic heterocycles. The summed E-state index contributed by atoms with van der Waals surface area (Å²) in [7, 11) is 0. The van der Waals surface area contributed by atoms with Crippen LogP contribution in [0, 0.1) is 0 Å². The monoisotopic (exact) mass is 236 g/mol. The predicted octanol–water partition coefficient (Wildman–Crippen LogP) is 0.556. The van der Waals surface area contributed by atoms with E-state index >= 15 is 0 Å². The van der Waals surface area contributed by atoms with E-state index in [2.05, 4.69) is 10.1 Å². The molecule has 0 bridgehead atoms. The van der Waals surface area contributed by atoms with Gasteiger partial charge in [0.2, 0.25) is 0 Å². The Kier molecular flexibility index (Phi) is 3.23. The molecule has 0 spiro atoms. The topological polar surface area (TPSA) is 72.9 Å². The van der Waals surface area contributed by atoms with E-state index in [0.29, 0.717) is 17.6 Å². The summed E-state index contributed by atoms with van der Waals surface area (Å²) in [5, 5.41) is 13.4. The highest BCUT2D eigenvalue weighted by molar-refractivity contribution is 5.72. The van der Waals surface area contributed by atoms with Crippen LogP contribution in [0.25, 0.3) is 11.0 Å². The summed E-state index contributed by atoms with van der Waals surface area (Å²) in [6, 6.07) is 0.126. The number of hydrogen-bond donors (Lipinski definition) is 1. The zero-order valence-corrected chi connectivity index (χ0v) is 10.00. The van der Waals surface area contributed by atoms with Crippen molar-refractivity contribution in [1.82, 2.24) is 19.3 Å². The van der Waals surface area contributed by atoms with Crippen LogP contribution in [-0.4, -0.2) is 31.0 Å². The fourth-order valence-electron chi connectivity index (χ4n) is 1.74. The molecule has 6 nitrogen and oxygen atoms in total. The normalized spacial score (nSPS) is 13.1. The van der Waals surface area contributed by atoms with Crippen LogP contribution in [-0.2, 0) is 6.54 Å². The van der Waals surface area contributed by atoms with E-state index in [-0.39, 0.29) is 18.2 Å². The highest BCUT2D eigenvalue weighted by Gasteiger charge is 2.12. The van der Waals surface area contributed by atoms with Crippen LogP contribution in [0.2, 0.25) is 0 Å². The van der Waals surface area contributed by atoms with Crippen LogP contribution in [0.15, 0.2) is 17.3 Å². The number of rotatable bonds is 4. The Hall–Kier alpha value is -1.69. The molecule has 1 atom stereocenters.